The van der Waals surface area contributed by atoms with Gasteiger partial charge in [0.05, 0.1) is 46.0 Å². The van der Waals surface area contributed by atoms with Crippen LogP contribution in [0.15, 0.2) is 47.4 Å². The van der Waals surface area contributed by atoms with Crippen molar-refractivity contribution in [3.05, 3.63) is 53.6 Å². The topological polar surface area (TPSA) is 153 Å². The summed E-state index contributed by atoms with van der Waals surface area (Å²) >= 11 is 0. The van der Waals surface area contributed by atoms with Crippen LogP contribution in [0.4, 0.5) is 5.69 Å². The van der Waals surface area contributed by atoms with Crippen molar-refractivity contribution in [2.45, 2.75) is 81.6 Å². The van der Waals surface area contributed by atoms with Gasteiger partial charge in [-0.15, -0.1) is 0 Å². The Hall–Kier alpha value is -3.44. The second kappa shape index (κ2) is 10.2. The van der Waals surface area contributed by atoms with Crippen molar-refractivity contribution in [2.24, 2.45) is 11.1 Å². The van der Waals surface area contributed by atoms with Crippen LogP contribution in [0, 0.1) is 5.41 Å². The number of carboxylic acids is 1. The van der Waals surface area contributed by atoms with Crippen molar-refractivity contribution in [3.63, 3.8) is 0 Å². The number of sulfone groups is 1. The Morgan fingerprint density at radius 2 is 1.68 bits per heavy atom. The molecule has 6 rings (SSSR count). The van der Waals surface area contributed by atoms with Crippen LogP contribution >= 0.6 is 0 Å². The van der Waals surface area contributed by atoms with Crippen LogP contribution in [0.1, 0.15) is 68.3 Å². The molecule has 4 aliphatic rings. The summed E-state index contributed by atoms with van der Waals surface area (Å²) in [5.74, 6) is -1.89. The number of anilines is 1. The van der Waals surface area contributed by atoms with Crippen LogP contribution in [0.25, 0.3) is 0 Å². The van der Waals surface area contributed by atoms with E-state index in [4.69, 9.17) is 15.2 Å². The van der Waals surface area contributed by atoms with E-state index in [0.717, 1.165) is 5.56 Å². The zero-order valence-electron chi connectivity index (χ0n) is 22.6. The fourth-order valence-corrected chi connectivity index (χ4v) is 7.56. The van der Waals surface area contributed by atoms with Crippen molar-refractivity contribution in [3.8, 4) is 5.75 Å². The number of amides is 1. The number of nitrogens with zero attached hydrogens (tertiary/aromatic N) is 1. The van der Waals surface area contributed by atoms with E-state index in [-0.39, 0.29) is 28.8 Å². The molecule has 10 nitrogen and oxygen atoms in total. The Morgan fingerprint density at radius 3 is 2.25 bits per heavy atom. The van der Waals surface area contributed by atoms with Gasteiger partial charge in [0.2, 0.25) is 5.91 Å². The smallest absolute Gasteiger partial charge is 0.338 e. The van der Waals surface area contributed by atoms with Gasteiger partial charge in [-0.2, -0.15) is 0 Å². The minimum Gasteiger partial charge on any atom is -0.491 e. The van der Waals surface area contributed by atoms with Gasteiger partial charge >= 0.3 is 11.9 Å². The van der Waals surface area contributed by atoms with Gasteiger partial charge < -0.3 is 25.2 Å². The van der Waals surface area contributed by atoms with E-state index in [1.165, 1.54) is 23.1 Å². The summed E-state index contributed by atoms with van der Waals surface area (Å²) in [6, 6.07) is 9.95. The second-order valence-corrected chi connectivity index (χ2v) is 13.5. The lowest BCUT2D eigenvalue weighted by molar-refractivity contribution is -0.165. The van der Waals surface area contributed by atoms with Crippen molar-refractivity contribution < 1.29 is 37.4 Å². The average Bonchev–Trinajstić information content (AvgIpc) is 2.98. The maximum absolute atomic E-state index is 13.3. The highest BCUT2D eigenvalue weighted by Crippen LogP contribution is 2.54. The molecule has 2 aromatic rings. The number of carboxylic acid groups (broad SMARTS) is 1. The number of ether oxygens (including phenoxy) is 2. The molecular weight excluding hydrogens is 536 g/mol. The van der Waals surface area contributed by atoms with Crippen LogP contribution < -0.4 is 15.4 Å². The molecule has 0 saturated heterocycles. The molecule has 40 heavy (non-hydrogen) atoms. The number of benzene rings is 2. The third kappa shape index (κ3) is 5.19. The van der Waals surface area contributed by atoms with E-state index >= 15 is 0 Å². The summed E-state index contributed by atoms with van der Waals surface area (Å²) in [5, 5.41) is 9.65. The molecule has 1 amide bonds. The van der Waals surface area contributed by atoms with E-state index in [1.807, 2.05) is 13.8 Å². The maximum Gasteiger partial charge on any atom is 0.338 e. The number of hydrogen-bond acceptors (Lipinski definition) is 8. The Labute approximate surface area is 233 Å². The third-order valence-electron chi connectivity index (χ3n) is 8.38. The van der Waals surface area contributed by atoms with E-state index in [1.54, 1.807) is 24.3 Å². The Bertz CT molecular complexity index is 1430. The fraction of sp³-hybridized carbons (Fsp3) is 0.483. The highest BCUT2D eigenvalue weighted by Gasteiger charge is 2.54. The molecule has 3 N–H and O–H groups in total. The predicted octanol–water partition coefficient (Wildman–Crippen LogP) is 3.46. The minimum atomic E-state index is -3.92. The van der Waals surface area contributed by atoms with Crippen LogP contribution in [0.5, 0.6) is 5.75 Å². The van der Waals surface area contributed by atoms with Gasteiger partial charge in [-0.25, -0.2) is 13.2 Å². The third-order valence-corrected chi connectivity index (χ3v) is 10.2. The van der Waals surface area contributed by atoms with Crippen LogP contribution in [-0.2, 0) is 30.7 Å². The molecule has 2 aromatic carbocycles. The van der Waals surface area contributed by atoms with Crippen LogP contribution in [-0.4, -0.2) is 54.9 Å². The number of rotatable bonds is 7. The zero-order chi connectivity index (χ0) is 28.9. The minimum absolute atomic E-state index is 0.00670. The lowest BCUT2D eigenvalue weighted by atomic mass is 9.58. The molecule has 3 aliphatic carbocycles. The normalized spacial score (nSPS) is 27.1. The summed E-state index contributed by atoms with van der Waals surface area (Å²) in [4.78, 5) is 39.7. The molecule has 3 fully saturated rings. The Balaban J connectivity index is 1.44. The molecule has 0 spiro atoms. The second-order valence-electron chi connectivity index (χ2n) is 11.5. The lowest BCUT2D eigenvalue weighted by Crippen LogP contribution is -2.51. The van der Waals surface area contributed by atoms with Crippen molar-refractivity contribution in [1.29, 1.82) is 0 Å². The van der Waals surface area contributed by atoms with Crippen molar-refractivity contribution >= 4 is 33.4 Å². The molecule has 1 atom stereocenters. The number of aliphatic carboxylic acids is 1. The highest BCUT2D eigenvalue weighted by molar-refractivity contribution is 7.91. The van der Waals surface area contributed by atoms with Gasteiger partial charge in [0.25, 0.3) is 0 Å². The van der Waals surface area contributed by atoms with Gasteiger partial charge in [-0.1, -0.05) is 12.1 Å². The molecule has 1 heterocycles. The standard InChI is InChI=1S/C29H34N2O8S/c1-18(2)38-21-6-3-19(4-7-21)16-31-23-15-20(5-8-24(23)40(36,37)17-22(30)25(31)32)26(33)39-29-12-9-28(10-13-29,11-14-29)27(34)35/h3-8,15,18,22H,9-14,16-17,30H2,1-2H3,(H,34,35)/t22-,28?,29?/m0/s1. The molecule has 2 bridgehead atoms. The van der Waals surface area contributed by atoms with Gasteiger partial charge in [-0.3, -0.25) is 9.59 Å². The molecule has 0 radical (unpaired) electrons. The number of fused-ring (bicyclic) bond motifs is 4. The first-order chi connectivity index (χ1) is 18.8. The number of nitrogens with two attached hydrogens (primary N) is 1. The zero-order valence-corrected chi connectivity index (χ0v) is 23.4. The molecule has 1 aliphatic heterocycles. The summed E-state index contributed by atoms with van der Waals surface area (Å²) in [7, 11) is -3.92. The number of hydrogen-bond donors (Lipinski definition) is 2. The fourth-order valence-electron chi connectivity index (χ4n) is 6.01. The average molecular weight is 571 g/mol. The lowest BCUT2D eigenvalue weighted by Gasteiger charge is -2.50. The quantitative estimate of drug-likeness (QED) is 0.477. The van der Waals surface area contributed by atoms with Gasteiger partial charge in [-0.05, 0) is 88.3 Å². The highest BCUT2D eigenvalue weighted by atomic mass is 32.2. The number of carbonyl (C=O) groups is 3. The van der Waals surface area contributed by atoms with E-state index in [9.17, 15) is 27.9 Å². The predicted molar refractivity (Wildman–Crippen MR) is 146 cm³/mol. The molecule has 214 valence electrons. The van der Waals surface area contributed by atoms with E-state index in [0.29, 0.717) is 44.3 Å². The van der Waals surface area contributed by atoms with Crippen LogP contribution in [0.2, 0.25) is 0 Å². The SMILES string of the molecule is CC(C)Oc1ccc(CN2C(=O)[C@@H](N)CS(=O)(=O)c3ccc(C(=O)OC45CCC(C(=O)O)(CC4)CC5)cc32)cc1. The molecule has 11 heteroatoms. The first-order valence-corrected chi connectivity index (χ1v) is 15.1. The van der Waals surface area contributed by atoms with E-state index in [2.05, 4.69) is 0 Å². The van der Waals surface area contributed by atoms with Gasteiger partial charge in [0, 0.05) is 0 Å². The van der Waals surface area contributed by atoms with E-state index < -0.39 is 50.5 Å². The van der Waals surface area contributed by atoms with Gasteiger partial charge in [0.15, 0.2) is 9.84 Å². The van der Waals surface area contributed by atoms with Crippen molar-refractivity contribution in [2.75, 3.05) is 10.7 Å². The monoisotopic (exact) mass is 570 g/mol. The van der Waals surface area contributed by atoms with Gasteiger partial charge in [0.1, 0.15) is 11.4 Å². The Kier molecular flexibility index (Phi) is 7.16. The largest absolute Gasteiger partial charge is 0.491 e. The molecule has 0 aromatic heterocycles. The summed E-state index contributed by atoms with van der Waals surface area (Å²) < 4.78 is 37.9. The number of carbonyl (C=O) groups excluding carboxylic acids is 2. The summed E-state index contributed by atoms with van der Waals surface area (Å²) in [5.41, 5.74) is 5.44. The molecule has 3 saturated carbocycles. The number of esters is 1. The van der Waals surface area contributed by atoms with Crippen LogP contribution in [0.3, 0.4) is 0 Å². The van der Waals surface area contributed by atoms with Crippen molar-refractivity contribution in [1.82, 2.24) is 0 Å². The summed E-state index contributed by atoms with van der Waals surface area (Å²) in [6.45, 7) is 3.86. The first-order valence-electron chi connectivity index (χ1n) is 13.5. The molecule has 0 unspecified atom stereocenters. The summed E-state index contributed by atoms with van der Waals surface area (Å²) in [6.07, 6.45) is 2.70. The Morgan fingerprint density at radius 1 is 1.05 bits per heavy atom. The maximum atomic E-state index is 13.3. The first kappa shape index (κ1) is 28.1. The molecular formula is C29H34N2O8S.